The van der Waals surface area contributed by atoms with Crippen molar-refractivity contribution >= 4 is 22.6 Å². The van der Waals surface area contributed by atoms with E-state index < -0.39 is 29.1 Å². The molecule has 0 N–H and O–H groups in total. The van der Waals surface area contributed by atoms with Crippen LogP contribution < -0.4 is 5.19 Å². The second-order valence-corrected chi connectivity index (χ2v) is 13.7. The Bertz CT molecular complexity index is 652. The van der Waals surface area contributed by atoms with Crippen LogP contribution in [0.25, 0.3) is 0 Å². The average Bonchev–Trinajstić information content (AvgIpc) is 3.63. The SMILES string of the molecule is CCO[Si](OCC)(OCC)c1ccc(C(F)(F)F)cc1.CO[Si](C)(CCCOCC1CO1)OC. The highest BCUT2D eigenvalue weighted by atomic mass is 28.4. The number of halogens is 3. The molecular weight excluding hydrogens is 489 g/mol. The quantitative estimate of drug-likeness (QED) is 0.193. The normalized spacial score (nSPS) is 16.2. The first-order chi connectivity index (χ1) is 16.1. The number of ether oxygens (including phenoxy) is 2. The minimum Gasteiger partial charge on any atom is -0.398 e. The van der Waals surface area contributed by atoms with Crippen LogP contribution >= 0.6 is 0 Å². The fraction of sp³-hybridized carbons (Fsp3) is 0.727. The average molecular weight is 529 g/mol. The molecule has 0 spiro atoms. The highest BCUT2D eigenvalue weighted by Gasteiger charge is 2.43. The van der Waals surface area contributed by atoms with Gasteiger partial charge in [0.1, 0.15) is 6.10 Å². The molecule has 1 aromatic rings. The first kappa shape index (κ1) is 31.2. The van der Waals surface area contributed by atoms with Crippen molar-refractivity contribution in [2.75, 3.05) is 53.9 Å². The van der Waals surface area contributed by atoms with Gasteiger partial charge in [0.05, 0.1) is 18.8 Å². The summed E-state index contributed by atoms with van der Waals surface area (Å²) >= 11 is 0. The van der Waals surface area contributed by atoms with Crippen molar-refractivity contribution in [1.29, 1.82) is 0 Å². The molecule has 34 heavy (non-hydrogen) atoms. The molecule has 0 saturated carbocycles. The summed E-state index contributed by atoms with van der Waals surface area (Å²) < 4.78 is 75.8. The van der Waals surface area contributed by atoms with Crippen LogP contribution in [0.3, 0.4) is 0 Å². The van der Waals surface area contributed by atoms with Crippen molar-refractivity contribution in [1.82, 2.24) is 0 Å². The lowest BCUT2D eigenvalue weighted by atomic mass is 10.2. The number of hydrogen-bond acceptors (Lipinski definition) is 7. The Kier molecular flexibility index (Phi) is 14.1. The van der Waals surface area contributed by atoms with E-state index in [4.69, 9.17) is 31.6 Å². The largest absolute Gasteiger partial charge is 0.537 e. The maximum atomic E-state index is 12.6. The lowest BCUT2D eigenvalue weighted by Gasteiger charge is -2.28. The molecule has 1 aliphatic heterocycles. The van der Waals surface area contributed by atoms with Crippen LogP contribution in [-0.2, 0) is 37.8 Å². The zero-order chi connectivity index (χ0) is 25.7. The van der Waals surface area contributed by atoms with Crippen molar-refractivity contribution in [3.8, 4) is 0 Å². The number of hydrogen-bond donors (Lipinski definition) is 0. The highest BCUT2D eigenvalue weighted by molar-refractivity contribution is 6.75. The summed E-state index contributed by atoms with van der Waals surface area (Å²) in [4.78, 5) is 0. The van der Waals surface area contributed by atoms with Crippen LogP contribution in [0.5, 0.6) is 0 Å². The van der Waals surface area contributed by atoms with Crippen molar-refractivity contribution in [3.05, 3.63) is 29.8 Å². The monoisotopic (exact) mass is 528 g/mol. The highest BCUT2D eigenvalue weighted by Crippen LogP contribution is 2.28. The van der Waals surface area contributed by atoms with Crippen LogP contribution in [0.4, 0.5) is 13.2 Å². The maximum absolute atomic E-state index is 12.6. The second kappa shape index (κ2) is 15.3. The minimum atomic E-state index is -4.36. The molecule has 0 amide bonds. The van der Waals surface area contributed by atoms with Crippen LogP contribution in [0.15, 0.2) is 24.3 Å². The lowest BCUT2D eigenvalue weighted by molar-refractivity contribution is -0.137. The van der Waals surface area contributed by atoms with Gasteiger partial charge in [-0.25, -0.2) is 0 Å². The Morgan fingerprint density at radius 2 is 1.44 bits per heavy atom. The lowest BCUT2D eigenvalue weighted by Crippen LogP contribution is -2.56. The summed E-state index contributed by atoms with van der Waals surface area (Å²) in [5.41, 5.74) is -0.700. The molecule has 198 valence electrons. The standard InChI is InChI=1S/C13H19F3O3Si.C9H20O4Si/c1-4-17-20(18-5-2,19-6-3)12-9-7-11(8-10-12)13(14,15)16;1-10-14(3,11-2)6-4-5-12-7-9-8-13-9/h7-10H,4-6H2,1-3H3;9H,4-8H2,1-3H3. The number of epoxide rings is 1. The number of alkyl halides is 3. The molecule has 1 unspecified atom stereocenters. The van der Waals surface area contributed by atoms with E-state index in [1.54, 1.807) is 35.0 Å². The van der Waals surface area contributed by atoms with E-state index in [-0.39, 0.29) is 0 Å². The van der Waals surface area contributed by atoms with Crippen LogP contribution in [0.2, 0.25) is 12.6 Å². The summed E-state index contributed by atoms with van der Waals surface area (Å²) in [6.07, 6.45) is -2.99. The molecule has 2 rings (SSSR count). The fourth-order valence-corrected chi connectivity index (χ4v) is 6.80. The molecule has 1 fully saturated rings. The predicted molar refractivity (Wildman–Crippen MR) is 127 cm³/mol. The van der Waals surface area contributed by atoms with Gasteiger partial charge in [-0.1, -0.05) is 12.1 Å². The van der Waals surface area contributed by atoms with Gasteiger partial charge in [-0.2, -0.15) is 13.2 Å². The third-order valence-corrected chi connectivity index (χ3v) is 11.1. The second-order valence-electron chi connectivity index (χ2n) is 7.61. The molecule has 1 aliphatic rings. The molecule has 1 atom stereocenters. The van der Waals surface area contributed by atoms with Crippen molar-refractivity contribution in [2.45, 2.75) is 52.1 Å². The third-order valence-electron chi connectivity index (χ3n) is 5.06. The van der Waals surface area contributed by atoms with Crippen LogP contribution in [0, 0.1) is 0 Å². The number of benzene rings is 1. The Morgan fingerprint density at radius 3 is 1.82 bits per heavy atom. The van der Waals surface area contributed by atoms with E-state index in [1.807, 2.05) is 0 Å². The molecule has 1 aromatic carbocycles. The van der Waals surface area contributed by atoms with E-state index in [0.29, 0.717) is 31.1 Å². The fourth-order valence-electron chi connectivity index (χ4n) is 2.97. The van der Waals surface area contributed by atoms with Crippen molar-refractivity contribution in [2.24, 2.45) is 0 Å². The van der Waals surface area contributed by atoms with Gasteiger partial charge in [-0.3, -0.25) is 0 Å². The van der Waals surface area contributed by atoms with E-state index in [2.05, 4.69) is 6.55 Å². The van der Waals surface area contributed by atoms with Gasteiger partial charge in [0.25, 0.3) is 0 Å². The van der Waals surface area contributed by atoms with Gasteiger partial charge in [0.2, 0.25) is 0 Å². The zero-order valence-electron chi connectivity index (χ0n) is 21.0. The Balaban J connectivity index is 0.000000362. The van der Waals surface area contributed by atoms with Crippen molar-refractivity contribution in [3.63, 3.8) is 0 Å². The third kappa shape index (κ3) is 10.8. The van der Waals surface area contributed by atoms with E-state index in [1.165, 1.54) is 12.1 Å². The van der Waals surface area contributed by atoms with Gasteiger partial charge in [-0.15, -0.1) is 0 Å². The molecule has 1 heterocycles. The van der Waals surface area contributed by atoms with Gasteiger partial charge in [0.15, 0.2) is 0 Å². The molecule has 12 heteroatoms. The smallest absolute Gasteiger partial charge is 0.398 e. The van der Waals surface area contributed by atoms with Gasteiger partial charge < -0.3 is 31.6 Å². The Labute approximate surface area is 203 Å². The molecular formula is C22H39F3O7Si2. The first-order valence-electron chi connectivity index (χ1n) is 11.5. The van der Waals surface area contributed by atoms with Crippen LogP contribution in [-0.4, -0.2) is 77.3 Å². The zero-order valence-corrected chi connectivity index (χ0v) is 23.0. The first-order valence-corrected chi connectivity index (χ1v) is 15.7. The molecule has 7 nitrogen and oxygen atoms in total. The Hall–Kier alpha value is -0.836. The van der Waals surface area contributed by atoms with Crippen molar-refractivity contribution < 1.29 is 44.8 Å². The summed E-state index contributed by atoms with van der Waals surface area (Å²) in [6, 6.07) is 5.76. The Morgan fingerprint density at radius 1 is 0.941 bits per heavy atom. The number of rotatable bonds is 15. The van der Waals surface area contributed by atoms with E-state index >= 15 is 0 Å². The summed E-state index contributed by atoms with van der Waals surface area (Å²) in [5.74, 6) is 0. The van der Waals surface area contributed by atoms with Gasteiger partial charge in [-0.05, 0) is 51.9 Å². The molecule has 0 bridgehead atoms. The minimum absolute atomic E-state index is 0.364. The predicted octanol–water partition coefficient (Wildman–Crippen LogP) is 4.12. The van der Waals surface area contributed by atoms with Gasteiger partial charge >= 0.3 is 23.5 Å². The summed E-state index contributed by atoms with van der Waals surface area (Å²) in [6.45, 7) is 10.9. The molecule has 0 aliphatic carbocycles. The van der Waals surface area contributed by atoms with E-state index in [0.717, 1.165) is 44.4 Å². The summed E-state index contributed by atoms with van der Waals surface area (Å²) in [5, 5.41) is 0.538. The molecule has 0 aromatic heterocycles. The van der Waals surface area contributed by atoms with Crippen LogP contribution in [0.1, 0.15) is 32.8 Å². The van der Waals surface area contributed by atoms with E-state index in [9.17, 15) is 13.2 Å². The van der Waals surface area contributed by atoms with Gasteiger partial charge in [0, 0.05) is 45.8 Å². The summed E-state index contributed by atoms with van der Waals surface area (Å²) in [7, 11) is -1.56. The maximum Gasteiger partial charge on any atom is 0.537 e. The molecule has 1 saturated heterocycles. The molecule has 0 radical (unpaired) electrons. The topological polar surface area (TPSA) is 67.9 Å².